The van der Waals surface area contributed by atoms with Gasteiger partial charge in [-0.2, -0.15) is 0 Å². The lowest BCUT2D eigenvalue weighted by atomic mass is 9.99. The van der Waals surface area contributed by atoms with Gasteiger partial charge in [0.2, 0.25) is 0 Å². The molecule has 0 radical (unpaired) electrons. The van der Waals surface area contributed by atoms with Crippen LogP contribution in [0, 0.1) is 18.6 Å². The number of methoxy groups -OCH3 is 1. The van der Waals surface area contributed by atoms with Gasteiger partial charge in [0, 0.05) is 6.20 Å². The van der Waals surface area contributed by atoms with Crippen LogP contribution in [0.15, 0.2) is 54.7 Å². The maximum absolute atomic E-state index is 13.8. The molecule has 0 unspecified atom stereocenters. The number of benzene rings is 2. The first-order valence-corrected chi connectivity index (χ1v) is 10.8. The fourth-order valence-electron chi connectivity index (χ4n) is 4.04. The van der Waals surface area contributed by atoms with Crippen LogP contribution < -0.4 is 4.74 Å². The lowest BCUT2D eigenvalue weighted by molar-refractivity contribution is -0.141. The number of nitrogens with zero attached hydrogens (tertiary/aromatic N) is 3. The van der Waals surface area contributed by atoms with Gasteiger partial charge in [0.25, 0.3) is 5.91 Å². The smallest absolute Gasteiger partial charge is 0.289 e. The van der Waals surface area contributed by atoms with Crippen LogP contribution >= 0.6 is 0 Å². The normalized spacial score (nSPS) is 16.9. The second kappa shape index (κ2) is 9.64. The number of hydrogen-bond donors (Lipinski definition) is 1. The maximum Gasteiger partial charge on any atom is 0.289 e. The molecule has 1 aliphatic heterocycles. The van der Waals surface area contributed by atoms with Crippen LogP contribution in [0.3, 0.4) is 0 Å². The topological polar surface area (TPSA) is 76.8 Å². The summed E-state index contributed by atoms with van der Waals surface area (Å²) in [7, 11) is 1.55. The Balaban J connectivity index is 1.64. The third-order valence-electron chi connectivity index (χ3n) is 5.63. The van der Waals surface area contributed by atoms with Gasteiger partial charge in [-0.15, -0.1) is 0 Å². The number of rotatable bonds is 6. The molecule has 1 saturated heterocycles. The van der Waals surface area contributed by atoms with E-state index in [2.05, 4.69) is 4.98 Å². The van der Waals surface area contributed by atoms with E-state index in [0.717, 1.165) is 23.5 Å². The molecule has 178 valence electrons. The summed E-state index contributed by atoms with van der Waals surface area (Å²) in [6.45, 7) is 3.76. The fraction of sp³-hybridized carbons (Fsp3) is 0.280. The van der Waals surface area contributed by atoms with E-state index in [-0.39, 0.29) is 18.9 Å². The number of hydrogen-bond acceptors (Lipinski definition) is 5. The van der Waals surface area contributed by atoms with E-state index >= 15 is 0 Å². The number of aryl methyl sites for hydroxylation is 1. The first kappa shape index (κ1) is 23.4. The molecule has 0 spiro atoms. The molecule has 0 bridgehead atoms. The minimum absolute atomic E-state index is 0.0766. The van der Waals surface area contributed by atoms with Crippen molar-refractivity contribution in [2.45, 2.75) is 26.0 Å². The van der Waals surface area contributed by atoms with Gasteiger partial charge in [-0.25, -0.2) is 13.8 Å². The Morgan fingerprint density at radius 2 is 2.00 bits per heavy atom. The summed E-state index contributed by atoms with van der Waals surface area (Å²) < 4.78 is 40.3. The second-order valence-electron chi connectivity index (χ2n) is 8.07. The highest BCUT2D eigenvalue weighted by molar-refractivity contribution is 5.96. The quantitative estimate of drug-likeness (QED) is 0.556. The minimum atomic E-state index is -1.04. The molecule has 3 aromatic rings. The highest BCUT2D eigenvalue weighted by Crippen LogP contribution is 2.31. The Kier molecular flexibility index (Phi) is 6.65. The fourth-order valence-corrected chi connectivity index (χ4v) is 4.04. The molecule has 1 amide bonds. The Labute approximate surface area is 195 Å². The SMILES string of the molecule is COc1cc(/C=C2\OCCN([C@H](c3ccc(F)c(F)c3)[C@@H](C)O)C2=O)ccc1-n1cnc(C)c1. The molecule has 1 aromatic heterocycles. The zero-order chi connectivity index (χ0) is 24.4. The molecular weight excluding hydrogens is 444 g/mol. The monoisotopic (exact) mass is 469 g/mol. The number of aliphatic hydroxyl groups excluding tert-OH is 1. The number of imidazole rings is 1. The van der Waals surface area contributed by atoms with Crippen LogP contribution in [-0.2, 0) is 9.53 Å². The van der Waals surface area contributed by atoms with Crippen molar-refractivity contribution in [1.82, 2.24) is 14.5 Å². The molecule has 1 fully saturated rings. The number of amides is 1. The van der Waals surface area contributed by atoms with E-state index in [1.165, 1.54) is 17.9 Å². The summed E-state index contributed by atoms with van der Waals surface area (Å²) >= 11 is 0. The number of aromatic nitrogens is 2. The van der Waals surface area contributed by atoms with Crippen molar-refractivity contribution in [3.63, 3.8) is 0 Å². The van der Waals surface area contributed by atoms with Gasteiger partial charge in [0.1, 0.15) is 12.4 Å². The van der Waals surface area contributed by atoms with Crippen LogP contribution in [-0.4, -0.2) is 51.8 Å². The number of halogens is 2. The molecule has 1 aliphatic rings. The molecule has 2 atom stereocenters. The summed E-state index contributed by atoms with van der Waals surface area (Å²) in [5.74, 6) is -1.84. The number of morpholine rings is 1. The number of carbonyl (C=O) groups is 1. The van der Waals surface area contributed by atoms with Crippen molar-refractivity contribution < 1.29 is 28.2 Å². The Bertz CT molecular complexity index is 1240. The number of carbonyl (C=O) groups excluding carboxylic acids is 1. The zero-order valence-electron chi connectivity index (χ0n) is 19.0. The van der Waals surface area contributed by atoms with Gasteiger partial charge < -0.3 is 24.0 Å². The summed E-state index contributed by atoms with van der Waals surface area (Å²) in [5, 5.41) is 10.4. The molecule has 2 heterocycles. The zero-order valence-corrected chi connectivity index (χ0v) is 19.0. The van der Waals surface area contributed by atoms with E-state index in [1.807, 2.05) is 29.8 Å². The van der Waals surface area contributed by atoms with Crippen molar-refractivity contribution in [3.05, 3.63) is 83.1 Å². The van der Waals surface area contributed by atoms with Gasteiger partial charge in [-0.05, 0) is 55.3 Å². The molecule has 4 rings (SSSR count). The highest BCUT2D eigenvalue weighted by Gasteiger charge is 2.34. The van der Waals surface area contributed by atoms with Crippen molar-refractivity contribution in [3.8, 4) is 11.4 Å². The number of ether oxygens (including phenoxy) is 2. The van der Waals surface area contributed by atoms with Gasteiger partial charge >= 0.3 is 0 Å². The van der Waals surface area contributed by atoms with Crippen molar-refractivity contribution in [2.24, 2.45) is 0 Å². The first-order chi connectivity index (χ1) is 16.3. The molecule has 2 aromatic carbocycles. The Morgan fingerprint density at radius 3 is 2.65 bits per heavy atom. The summed E-state index contributed by atoms with van der Waals surface area (Å²) in [5.41, 5.74) is 2.62. The van der Waals surface area contributed by atoms with Gasteiger partial charge in [-0.3, -0.25) is 4.79 Å². The van der Waals surface area contributed by atoms with Crippen LogP contribution in [0.25, 0.3) is 11.8 Å². The third kappa shape index (κ3) is 4.65. The second-order valence-corrected chi connectivity index (χ2v) is 8.07. The standard InChI is InChI=1S/C25H25F2N3O4/c1-15-13-29(14-28-15)21-7-4-17(10-22(21)33-3)11-23-25(32)30(8-9-34-23)24(16(2)31)18-5-6-19(26)20(27)12-18/h4-7,10-14,16,24,31H,8-9H2,1-3H3/b23-11-/t16-,24+/m1/s1. The maximum atomic E-state index is 13.8. The lowest BCUT2D eigenvalue weighted by Gasteiger charge is -2.37. The van der Waals surface area contributed by atoms with Crippen molar-refractivity contribution >= 4 is 12.0 Å². The number of aliphatic hydroxyl groups is 1. The Morgan fingerprint density at radius 1 is 1.21 bits per heavy atom. The highest BCUT2D eigenvalue weighted by atomic mass is 19.2. The van der Waals surface area contributed by atoms with E-state index < -0.39 is 29.7 Å². The molecule has 1 N–H and O–H groups in total. The van der Waals surface area contributed by atoms with Crippen LogP contribution in [0.4, 0.5) is 8.78 Å². The molecule has 7 nitrogen and oxygen atoms in total. The predicted octanol–water partition coefficient (Wildman–Crippen LogP) is 3.79. The average molecular weight is 469 g/mol. The van der Waals surface area contributed by atoms with Crippen LogP contribution in [0.1, 0.15) is 29.8 Å². The summed E-state index contributed by atoms with van der Waals surface area (Å²) in [4.78, 5) is 18.9. The summed E-state index contributed by atoms with van der Waals surface area (Å²) in [6.07, 6.45) is 4.12. The van der Waals surface area contributed by atoms with Gasteiger partial charge in [0.05, 0.1) is 43.5 Å². The van der Waals surface area contributed by atoms with Crippen LogP contribution in [0.5, 0.6) is 5.75 Å². The van der Waals surface area contributed by atoms with Gasteiger partial charge in [0.15, 0.2) is 17.4 Å². The first-order valence-electron chi connectivity index (χ1n) is 10.8. The molecule has 0 saturated carbocycles. The average Bonchev–Trinajstić information content (AvgIpc) is 3.24. The van der Waals surface area contributed by atoms with Crippen LogP contribution in [0.2, 0.25) is 0 Å². The largest absolute Gasteiger partial charge is 0.495 e. The minimum Gasteiger partial charge on any atom is -0.495 e. The summed E-state index contributed by atoms with van der Waals surface area (Å²) in [6, 6.07) is 7.92. The lowest BCUT2D eigenvalue weighted by Crippen LogP contribution is -2.46. The molecule has 34 heavy (non-hydrogen) atoms. The van der Waals surface area contributed by atoms with E-state index in [0.29, 0.717) is 16.9 Å². The molecular formula is C25H25F2N3O4. The third-order valence-corrected chi connectivity index (χ3v) is 5.63. The Hall–Kier alpha value is -3.72. The van der Waals surface area contributed by atoms with Crippen molar-refractivity contribution in [1.29, 1.82) is 0 Å². The van der Waals surface area contributed by atoms with E-state index in [1.54, 1.807) is 25.6 Å². The van der Waals surface area contributed by atoms with Gasteiger partial charge in [-0.1, -0.05) is 12.1 Å². The van der Waals surface area contributed by atoms with Crippen molar-refractivity contribution in [2.75, 3.05) is 20.3 Å². The predicted molar refractivity (Wildman–Crippen MR) is 121 cm³/mol. The molecule has 0 aliphatic carbocycles. The molecule has 9 heteroatoms. The van der Waals surface area contributed by atoms with E-state index in [4.69, 9.17) is 9.47 Å². The van der Waals surface area contributed by atoms with E-state index in [9.17, 15) is 18.7 Å².